The Morgan fingerprint density at radius 2 is 0.750 bits per heavy atom. The zero-order valence-electron chi connectivity index (χ0n) is 19.3. The first-order valence-corrected chi connectivity index (χ1v) is 15.0. The maximum Gasteiger partial charge on any atom is 0.210 e. The second-order valence-electron chi connectivity index (χ2n) is 13.0. The summed E-state index contributed by atoms with van der Waals surface area (Å²) in [7, 11) is 0. The fourth-order valence-electron chi connectivity index (χ4n) is 10.0. The highest BCUT2D eigenvalue weighted by molar-refractivity contribution is 8.12. The summed E-state index contributed by atoms with van der Waals surface area (Å²) in [6, 6.07) is 0. The average molecular weight is 475 g/mol. The van der Waals surface area contributed by atoms with E-state index in [1.165, 1.54) is 77.0 Å². The first-order chi connectivity index (χ1) is 15.5. The molecule has 0 unspecified atom stereocenters. The van der Waals surface area contributed by atoms with Crippen LogP contribution in [0.4, 0.5) is 0 Å². The van der Waals surface area contributed by atoms with Crippen LogP contribution in [0, 0.1) is 46.3 Å². The standard InChI is InChI=1S/C26H38N2O2S2/c29-23(25-11-17-5-18(12-25)7-19(6-17)13-25)31-27-1-2-28(4-3-27)32-24(30)26-14-20-8-21(15-26)10-22(9-20)16-26/h17-22H,1-16H2. The van der Waals surface area contributed by atoms with E-state index in [-0.39, 0.29) is 10.8 Å². The highest BCUT2D eigenvalue weighted by atomic mass is 32.2. The monoisotopic (exact) mass is 474 g/mol. The Kier molecular flexibility index (Phi) is 5.14. The molecule has 0 aromatic rings. The average Bonchev–Trinajstić information content (AvgIpc) is 2.73. The molecule has 1 saturated heterocycles. The van der Waals surface area contributed by atoms with E-state index in [1.54, 1.807) is 23.9 Å². The molecule has 8 aliphatic carbocycles. The second kappa shape index (κ2) is 7.73. The molecule has 8 bridgehead atoms. The van der Waals surface area contributed by atoms with Crippen LogP contribution in [0.2, 0.25) is 0 Å². The lowest BCUT2D eigenvalue weighted by Crippen LogP contribution is -2.51. The highest BCUT2D eigenvalue weighted by Crippen LogP contribution is 2.62. The molecule has 9 fully saturated rings. The molecule has 8 saturated carbocycles. The van der Waals surface area contributed by atoms with Crippen LogP contribution < -0.4 is 0 Å². The van der Waals surface area contributed by atoms with Crippen LogP contribution in [0.25, 0.3) is 0 Å². The van der Waals surface area contributed by atoms with E-state index in [2.05, 4.69) is 8.61 Å². The first-order valence-electron chi connectivity index (χ1n) is 13.4. The van der Waals surface area contributed by atoms with Gasteiger partial charge in [0.15, 0.2) is 0 Å². The molecule has 0 amide bonds. The van der Waals surface area contributed by atoms with E-state index in [0.29, 0.717) is 10.2 Å². The molecule has 1 heterocycles. The Balaban J connectivity index is 0.931. The number of carbonyl (C=O) groups is 2. The van der Waals surface area contributed by atoms with Crippen molar-refractivity contribution in [2.24, 2.45) is 46.3 Å². The number of hydrogen-bond donors (Lipinski definition) is 0. The van der Waals surface area contributed by atoms with Gasteiger partial charge in [-0.15, -0.1) is 0 Å². The molecule has 1 aliphatic heterocycles. The van der Waals surface area contributed by atoms with Crippen LogP contribution in [0.1, 0.15) is 77.0 Å². The summed E-state index contributed by atoms with van der Waals surface area (Å²) in [4.78, 5) is 26.9. The number of nitrogens with zero attached hydrogens (tertiary/aromatic N) is 2. The minimum atomic E-state index is -0.000224. The summed E-state index contributed by atoms with van der Waals surface area (Å²) in [5.74, 6) is 4.97. The van der Waals surface area contributed by atoms with Crippen molar-refractivity contribution in [3.8, 4) is 0 Å². The van der Waals surface area contributed by atoms with E-state index in [4.69, 9.17) is 0 Å². The quantitative estimate of drug-likeness (QED) is 0.509. The fraction of sp³-hybridized carbons (Fsp3) is 0.923. The molecule has 0 N–H and O–H groups in total. The second-order valence-corrected chi connectivity index (χ2v) is 15.2. The molecular weight excluding hydrogens is 436 g/mol. The third kappa shape index (κ3) is 3.56. The summed E-state index contributed by atoms with van der Waals surface area (Å²) in [5, 5.41) is 0.949. The van der Waals surface area contributed by atoms with Gasteiger partial charge < -0.3 is 0 Å². The maximum absolute atomic E-state index is 13.4. The lowest BCUT2D eigenvalue weighted by atomic mass is 9.50. The van der Waals surface area contributed by atoms with Crippen LogP contribution in [0.15, 0.2) is 0 Å². The van der Waals surface area contributed by atoms with Crippen LogP contribution in [-0.2, 0) is 9.59 Å². The van der Waals surface area contributed by atoms with Crippen molar-refractivity contribution < 1.29 is 9.59 Å². The van der Waals surface area contributed by atoms with Crippen molar-refractivity contribution in [2.45, 2.75) is 77.0 Å². The van der Waals surface area contributed by atoms with Crippen molar-refractivity contribution in [3.63, 3.8) is 0 Å². The zero-order chi connectivity index (χ0) is 21.5. The van der Waals surface area contributed by atoms with Crippen molar-refractivity contribution in [2.75, 3.05) is 26.2 Å². The third-order valence-corrected chi connectivity index (χ3v) is 13.0. The predicted octanol–water partition coefficient (Wildman–Crippen LogP) is 5.39. The minimum Gasteiger partial charge on any atom is -0.285 e. The Bertz CT molecular complexity index is 669. The van der Waals surface area contributed by atoms with Gasteiger partial charge in [0.05, 0.1) is 0 Å². The van der Waals surface area contributed by atoms with Gasteiger partial charge in [-0.05, 0) is 136 Å². The van der Waals surface area contributed by atoms with E-state index >= 15 is 0 Å². The zero-order valence-corrected chi connectivity index (χ0v) is 20.9. The number of piperazine rings is 1. The van der Waals surface area contributed by atoms with E-state index in [1.807, 2.05) is 0 Å². The molecule has 0 aromatic heterocycles. The van der Waals surface area contributed by atoms with Crippen molar-refractivity contribution in [1.29, 1.82) is 0 Å². The lowest BCUT2D eigenvalue weighted by Gasteiger charge is -2.56. The lowest BCUT2D eigenvalue weighted by molar-refractivity contribution is -0.135. The predicted molar refractivity (Wildman–Crippen MR) is 130 cm³/mol. The molecule has 9 aliphatic rings. The summed E-state index contributed by atoms with van der Waals surface area (Å²) < 4.78 is 4.63. The van der Waals surface area contributed by atoms with Crippen LogP contribution in [0.5, 0.6) is 0 Å². The molecule has 32 heavy (non-hydrogen) atoms. The van der Waals surface area contributed by atoms with Gasteiger partial charge in [-0.3, -0.25) is 9.59 Å². The van der Waals surface area contributed by atoms with Gasteiger partial charge in [0.25, 0.3) is 0 Å². The third-order valence-electron chi connectivity index (χ3n) is 10.6. The largest absolute Gasteiger partial charge is 0.285 e. The smallest absolute Gasteiger partial charge is 0.210 e. The highest BCUT2D eigenvalue weighted by Gasteiger charge is 2.56. The van der Waals surface area contributed by atoms with Crippen LogP contribution >= 0.6 is 23.9 Å². The fourth-order valence-corrected chi connectivity index (χ4v) is 12.0. The van der Waals surface area contributed by atoms with Gasteiger partial charge in [0.1, 0.15) is 0 Å². The normalized spacial score (nSPS) is 49.6. The SMILES string of the molecule is O=C(SN1CCN(SC(=O)C23CC4CC(CC(C4)C2)C3)CC1)C12CC3CC(CC(C3)C1)C2. The molecule has 9 rings (SSSR count). The molecule has 6 heteroatoms. The van der Waals surface area contributed by atoms with Gasteiger partial charge in [0.2, 0.25) is 10.2 Å². The van der Waals surface area contributed by atoms with E-state index in [9.17, 15) is 9.59 Å². The molecular formula is C26H38N2O2S2. The van der Waals surface area contributed by atoms with E-state index < -0.39 is 0 Å². The topological polar surface area (TPSA) is 40.6 Å². The summed E-state index contributed by atoms with van der Waals surface area (Å²) >= 11 is 3.10. The number of hydrogen-bond acceptors (Lipinski definition) is 6. The maximum atomic E-state index is 13.4. The molecule has 176 valence electrons. The van der Waals surface area contributed by atoms with Gasteiger partial charge in [-0.25, -0.2) is 8.61 Å². The Hall–Kier alpha value is -0.0400. The van der Waals surface area contributed by atoms with Crippen LogP contribution in [-0.4, -0.2) is 45.0 Å². The van der Waals surface area contributed by atoms with Gasteiger partial charge >= 0.3 is 0 Å². The summed E-state index contributed by atoms with van der Waals surface area (Å²) in [6.07, 6.45) is 15.4. The Morgan fingerprint density at radius 3 is 1.00 bits per heavy atom. The van der Waals surface area contributed by atoms with Gasteiger partial charge in [-0.2, -0.15) is 0 Å². The van der Waals surface area contributed by atoms with Crippen molar-refractivity contribution in [1.82, 2.24) is 8.61 Å². The molecule has 4 nitrogen and oxygen atoms in total. The van der Waals surface area contributed by atoms with Crippen LogP contribution in [0.3, 0.4) is 0 Å². The van der Waals surface area contributed by atoms with Crippen molar-refractivity contribution >= 4 is 34.1 Å². The number of carbonyl (C=O) groups excluding carboxylic acids is 2. The van der Waals surface area contributed by atoms with Gasteiger partial charge in [-0.1, -0.05) is 0 Å². The number of rotatable bonds is 4. The van der Waals surface area contributed by atoms with Crippen molar-refractivity contribution in [3.05, 3.63) is 0 Å². The molecule has 0 atom stereocenters. The Labute approximate surface area is 201 Å². The summed E-state index contributed by atoms with van der Waals surface area (Å²) in [5.41, 5.74) is -0.000448. The minimum absolute atomic E-state index is 0.000224. The van der Waals surface area contributed by atoms with E-state index in [0.717, 1.165) is 61.7 Å². The molecule has 0 radical (unpaired) electrons. The molecule has 0 aromatic carbocycles. The molecule has 0 spiro atoms. The van der Waals surface area contributed by atoms with Gasteiger partial charge in [0, 0.05) is 37.0 Å². The summed E-state index contributed by atoms with van der Waals surface area (Å²) in [6.45, 7) is 3.63. The Morgan fingerprint density at radius 1 is 0.500 bits per heavy atom. The first kappa shape index (κ1) is 21.3.